The van der Waals surface area contributed by atoms with Crippen LogP contribution in [-0.4, -0.2) is 47.9 Å². The first kappa shape index (κ1) is 21.5. The molecule has 5 heteroatoms. The van der Waals surface area contributed by atoms with E-state index in [9.17, 15) is 9.59 Å². The normalized spacial score (nSPS) is 10.6. The molecule has 0 N–H and O–H groups in total. The van der Waals surface area contributed by atoms with Crippen LogP contribution in [0, 0.1) is 0 Å². The average molecular weight is 383 g/mol. The molecule has 2 aromatic carbocycles. The molecule has 0 aliphatic heterocycles. The quantitative estimate of drug-likeness (QED) is 0.667. The predicted octanol–water partition coefficient (Wildman–Crippen LogP) is 3.52. The van der Waals surface area contributed by atoms with Gasteiger partial charge in [0, 0.05) is 26.1 Å². The van der Waals surface area contributed by atoms with E-state index < -0.39 is 0 Å². The molecule has 0 atom stereocenters. The van der Waals surface area contributed by atoms with Crippen molar-refractivity contribution in [3.8, 4) is 5.75 Å². The monoisotopic (exact) mass is 382 g/mol. The van der Waals surface area contributed by atoms with Gasteiger partial charge in [0.15, 0.2) is 0 Å². The number of nitrogens with zero attached hydrogens (tertiary/aromatic N) is 2. The molecule has 0 aliphatic rings. The average Bonchev–Trinajstić information content (AvgIpc) is 2.69. The van der Waals surface area contributed by atoms with Crippen molar-refractivity contribution in [2.24, 2.45) is 0 Å². The van der Waals surface area contributed by atoms with Crippen LogP contribution < -0.4 is 4.74 Å². The van der Waals surface area contributed by atoms with Crippen LogP contribution in [0.25, 0.3) is 0 Å². The van der Waals surface area contributed by atoms with Crippen LogP contribution in [0.5, 0.6) is 5.75 Å². The fourth-order valence-electron chi connectivity index (χ4n) is 3.03. The predicted molar refractivity (Wildman–Crippen MR) is 111 cm³/mol. The SMILES string of the molecule is COc1cccc(CCN(CC(=O)N(Cc2ccccc2)C(C)C)C(C)=O)c1. The lowest BCUT2D eigenvalue weighted by molar-refractivity contribution is -0.141. The Hall–Kier alpha value is -2.82. The first-order chi connectivity index (χ1) is 13.4. The molecule has 0 aliphatic carbocycles. The highest BCUT2D eigenvalue weighted by molar-refractivity contribution is 5.84. The van der Waals surface area contributed by atoms with E-state index in [1.54, 1.807) is 12.0 Å². The van der Waals surface area contributed by atoms with Gasteiger partial charge in [0.05, 0.1) is 13.7 Å². The van der Waals surface area contributed by atoms with Gasteiger partial charge in [-0.3, -0.25) is 9.59 Å². The first-order valence-corrected chi connectivity index (χ1v) is 9.62. The van der Waals surface area contributed by atoms with Crippen molar-refractivity contribution < 1.29 is 14.3 Å². The molecule has 2 amide bonds. The summed E-state index contributed by atoms with van der Waals surface area (Å²) in [5, 5.41) is 0. The number of rotatable bonds is 9. The zero-order valence-electron chi connectivity index (χ0n) is 17.2. The molecule has 0 spiro atoms. The van der Waals surface area contributed by atoms with E-state index in [1.165, 1.54) is 6.92 Å². The minimum Gasteiger partial charge on any atom is -0.497 e. The van der Waals surface area contributed by atoms with Gasteiger partial charge in [-0.2, -0.15) is 0 Å². The maximum absolute atomic E-state index is 12.9. The Balaban J connectivity index is 2.02. The number of hydrogen-bond acceptors (Lipinski definition) is 3. The van der Waals surface area contributed by atoms with Crippen LogP contribution in [-0.2, 0) is 22.6 Å². The third kappa shape index (κ3) is 6.41. The lowest BCUT2D eigenvalue weighted by Crippen LogP contribution is -2.45. The standard InChI is InChI=1S/C23H30N2O3/c1-18(2)25(16-21-9-6-5-7-10-21)23(27)17-24(19(3)26)14-13-20-11-8-12-22(15-20)28-4/h5-12,15,18H,13-14,16-17H2,1-4H3. The van der Waals surface area contributed by atoms with E-state index in [2.05, 4.69) is 0 Å². The van der Waals surface area contributed by atoms with E-state index in [4.69, 9.17) is 4.74 Å². The minimum atomic E-state index is -0.0975. The smallest absolute Gasteiger partial charge is 0.242 e. The van der Waals surface area contributed by atoms with Crippen LogP contribution in [0.2, 0.25) is 0 Å². The highest BCUT2D eigenvalue weighted by atomic mass is 16.5. The van der Waals surface area contributed by atoms with Crippen molar-refractivity contribution in [3.05, 3.63) is 65.7 Å². The molecular formula is C23H30N2O3. The molecule has 150 valence electrons. The molecule has 5 nitrogen and oxygen atoms in total. The molecule has 0 saturated heterocycles. The number of amides is 2. The summed E-state index contributed by atoms with van der Waals surface area (Å²) in [6, 6.07) is 17.7. The second-order valence-corrected chi connectivity index (χ2v) is 7.14. The number of carbonyl (C=O) groups excluding carboxylic acids is 2. The van der Waals surface area contributed by atoms with Crippen molar-refractivity contribution in [3.63, 3.8) is 0 Å². The Bertz CT molecular complexity index is 774. The van der Waals surface area contributed by atoms with Crippen molar-refractivity contribution in [1.29, 1.82) is 0 Å². The summed E-state index contributed by atoms with van der Waals surface area (Å²) in [5.74, 6) is 0.649. The van der Waals surface area contributed by atoms with Crippen molar-refractivity contribution in [2.75, 3.05) is 20.2 Å². The minimum absolute atomic E-state index is 0.0419. The molecule has 2 rings (SSSR count). The maximum Gasteiger partial charge on any atom is 0.242 e. The van der Waals surface area contributed by atoms with Gasteiger partial charge in [0.1, 0.15) is 5.75 Å². The van der Waals surface area contributed by atoms with Crippen LogP contribution in [0.4, 0.5) is 0 Å². The summed E-state index contributed by atoms with van der Waals surface area (Å²) in [4.78, 5) is 28.5. The van der Waals surface area contributed by atoms with E-state index in [0.29, 0.717) is 19.5 Å². The van der Waals surface area contributed by atoms with Gasteiger partial charge in [-0.15, -0.1) is 0 Å². The van der Waals surface area contributed by atoms with Crippen molar-refractivity contribution in [1.82, 2.24) is 9.80 Å². The van der Waals surface area contributed by atoms with Gasteiger partial charge >= 0.3 is 0 Å². The zero-order chi connectivity index (χ0) is 20.5. The van der Waals surface area contributed by atoms with Crippen LogP contribution in [0.3, 0.4) is 0 Å². The molecule has 0 bridgehead atoms. The van der Waals surface area contributed by atoms with E-state index in [1.807, 2.05) is 73.3 Å². The Kier molecular flexibility index (Phi) is 8.05. The Morgan fingerprint density at radius 2 is 1.68 bits per heavy atom. The third-order valence-electron chi connectivity index (χ3n) is 4.72. The van der Waals surface area contributed by atoms with Gasteiger partial charge in [-0.1, -0.05) is 42.5 Å². The second-order valence-electron chi connectivity index (χ2n) is 7.14. The number of ether oxygens (including phenoxy) is 1. The van der Waals surface area contributed by atoms with Crippen LogP contribution in [0.1, 0.15) is 31.9 Å². The zero-order valence-corrected chi connectivity index (χ0v) is 17.2. The highest BCUT2D eigenvalue weighted by Crippen LogP contribution is 2.14. The summed E-state index contributed by atoms with van der Waals surface area (Å²) in [6.45, 7) is 6.62. The van der Waals surface area contributed by atoms with E-state index in [-0.39, 0.29) is 24.4 Å². The Morgan fingerprint density at radius 3 is 2.29 bits per heavy atom. The summed E-state index contributed by atoms with van der Waals surface area (Å²) in [5.41, 5.74) is 2.15. The molecular weight excluding hydrogens is 352 g/mol. The highest BCUT2D eigenvalue weighted by Gasteiger charge is 2.21. The summed E-state index contributed by atoms with van der Waals surface area (Å²) in [7, 11) is 1.63. The first-order valence-electron chi connectivity index (χ1n) is 9.62. The Labute approximate surface area is 167 Å². The summed E-state index contributed by atoms with van der Waals surface area (Å²) < 4.78 is 5.25. The van der Waals surface area contributed by atoms with Gasteiger partial charge in [-0.05, 0) is 43.5 Å². The number of carbonyl (C=O) groups is 2. The second kappa shape index (κ2) is 10.5. The Morgan fingerprint density at radius 1 is 1.00 bits per heavy atom. The van der Waals surface area contributed by atoms with Gasteiger partial charge in [0.2, 0.25) is 11.8 Å². The molecule has 0 radical (unpaired) electrons. The van der Waals surface area contributed by atoms with E-state index >= 15 is 0 Å². The largest absolute Gasteiger partial charge is 0.497 e. The van der Waals surface area contributed by atoms with Gasteiger partial charge < -0.3 is 14.5 Å². The number of methoxy groups -OCH3 is 1. The summed E-state index contributed by atoms with van der Waals surface area (Å²) in [6.07, 6.45) is 0.671. The van der Waals surface area contributed by atoms with Gasteiger partial charge in [-0.25, -0.2) is 0 Å². The molecule has 0 unspecified atom stereocenters. The lowest BCUT2D eigenvalue weighted by Gasteiger charge is -2.30. The van der Waals surface area contributed by atoms with Crippen molar-refractivity contribution in [2.45, 2.75) is 39.8 Å². The maximum atomic E-state index is 12.9. The van der Waals surface area contributed by atoms with Crippen LogP contribution in [0.15, 0.2) is 54.6 Å². The lowest BCUT2D eigenvalue weighted by atomic mass is 10.1. The van der Waals surface area contributed by atoms with E-state index in [0.717, 1.165) is 16.9 Å². The molecule has 0 fully saturated rings. The fourth-order valence-corrected chi connectivity index (χ4v) is 3.03. The number of hydrogen-bond donors (Lipinski definition) is 0. The molecule has 28 heavy (non-hydrogen) atoms. The molecule has 0 heterocycles. The molecule has 2 aromatic rings. The van der Waals surface area contributed by atoms with Gasteiger partial charge in [0.25, 0.3) is 0 Å². The molecule has 0 aromatic heterocycles. The summed E-state index contributed by atoms with van der Waals surface area (Å²) >= 11 is 0. The topological polar surface area (TPSA) is 49.9 Å². The third-order valence-corrected chi connectivity index (χ3v) is 4.72. The van der Waals surface area contributed by atoms with Crippen LogP contribution >= 0.6 is 0 Å². The fraction of sp³-hybridized carbons (Fsp3) is 0.391. The molecule has 0 saturated carbocycles. The number of benzene rings is 2. The van der Waals surface area contributed by atoms with Crippen molar-refractivity contribution >= 4 is 11.8 Å².